The van der Waals surface area contributed by atoms with Crippen molar-refractivity contribution in [2.24, 2.45) is 0 Å². The fourth-order valence-electron chi connectivity index (χ4n) is 1.53. The molecule has 3 nitrogen and oxygen atoms in total. The third kappa shape index (κ3) is 2.90. The molecule has 0 atom stereocenters. The summed E-state index contributed by atoms with van der Waals surface area (Å²) in [5, 5.41) is 3.23. The van der Waals surface area contributed by atoms with Crippen molar-refractivity contribution in [3.05, 3.63) is 53.9 Å². The highest BCUT2D eigenvalue weighted by Gasteiger charge is 1.99. The number of hydrogen-bond donors (Lipinski definition) is 2. The Kier molecular flexibility index (Phi) is 3.66. The van der Waals surface area contributed by atoms with Crippen molar-refractivity contribution in [1.29, 1.82) is 0 Å². The van der Waals surface area contributed by atoms with E-state index in [1.807, 2.05) is 12.1 Å². The predicted molar refractivity (Wildman–Crippen MR) is 60.4 cm³/mol. The maximum atomic E-state index is 13.2. The lowest BCUT2D eigenvalue weighted by molar-refractivity contribution is 0.597. The number of nitrogens with one attached hydrogen (secondary N) is 2. The zero-order valence-electron chi connectivity index (χ0n) is 8.91. The molecule has 0 unspecified atom stereocenters. The number of benzene rings is 1. The molecule has 1 aromatic carbocycles. The molecule has 2 rings (SSSR count). The van der Waals surface area contributed by atoms with Crippen molar-refractivity contribution in [3.8, 4) is 0 Å². The van der Waals surface area contributed by atoms with Crippen LogP contribution in [0, 0.1) is 5.82 Å². The van der Waals surface area contributed by atoms with Gasteiger partial charge in [-0.25, -0.2) is 9.37 Å². The lowest BCUT2D eigenvalue weighted by Gasteiger charge is -2.04. The van der Waals surface area contributed by atoms with Gasteiger partial charge in [-0.3, -0.25) is 0 Å². The van der Waals surface area contributed by atoms with Crippen LogP contribution >= 0.6 is 0 Å². The molecule has 4 heteroatoms. The molecule has 16 heavy (non-hydrogen) atoms. The van der Waals surface area contributed by atoms with Gasteiger partial charge in [0.05, 0.1) is 6.33 Å². The highest BCUT2D eigenvalue weighted by molar-refractivity contribution is 5.17. The van der Waals surface area contributed by atoms with Gasteiger partial charge in [-0.15, -0.1) is 0 Å². The van der Waals surface area contributed by atoms with Gasteiger partial charge in [-0.2, -0.15) is 0 Å². The minimum atomic E-state index is -0.133. The first-order valence-electron chi connectivity index (χ1n) is 5.27. The molecule has 0 aliphatic rings. The van der Waals surface area contributed by atoms with Crippen LogP contribution < -0.4 is 5.32 Å². The van der Waals surface area contributed by atoms with E-state index in [-0.39, 0.29) is 5.82 Å². The van der Waals surface area contributed by atoms with Gasteiger partial charge >= 0.3 is 0 Å². The summed E-state index contributed by atoms with van der Waals surface area (Å²) in [7, 11) is 0. The van der Waals surface area contributed by atoms with Crippen molar-refractivity contribution in [2.75, 3.05) is 6.54 Å². The third-order valence-electron chi connectivity index (χ3n) is 2.40. The average molecular weight is 219 g/mol. The van der Waals surface area contributed by atoms with E-state index in [1.165, 1.54) is 6.07 Å². The number of imidazole rings is 1. The molecule has 0 amide bonds. The minimum Gasteiger partial charge on any atom is -0.347 e. The Balaban J connectivity index is 1.74. The maximum absolute atomic E-state index is 13.2. The Bertz CT molecular complexity index is 426. The van der Waals surface area contributed by atoms with Crippen molar-refractivity contribution in [2.45, 2.75) is 13.0 Å². The molecule has 2 aromatic rings. The lowest BCUT2D eigenvalue weighted by atomic mass is 10.1. The number of aromatic amines is 1. The van der Waals surface area contributed by atoms with E-state index in [9.17, 15) is 4.39 Å². The summed E-state index contributed by atoms with van der Waals surface area (Å²) < 4.78 is 13.2. The van der Waals surface area contributed by atoms with Gasteiger partial charge in [0.15, 0.2) is 0 Å². The van der Waals surface area contributed by atoms with Crippen LogP contribution in [0.1, 0.15) is 11.3 Å². The Morgan fingerprint density at radius 1 is 1.31 bits per heavy atom. The molecular formula is C12H14FN3. The van der Waals surface area contributed by atoms with Gasteiger partial charge in [0.25, 0.3) is 0 Å². The molecule has 0 saturated heterocycles. The van der Waals surface area contributed by atoms with Crippen LogP contribution in [0.4, 0.5) is 4.39 Å². The fourth-order valence-corrected chi connectivity index (χ4v) is 1.53. The molecule has 0 aliphatic heterocycles. The van der Waals surface area contributed by atoms with Crippen molar-refractivity contribution in [3.63, 3.8) is 0 Å². The summed E-state index contributed by atoms with van der Waals surface area (Å²) in [6.07, 6.45) is 4.12. The van der Waals surface area contributed by atoms with Crippen LogP contribution in [0.15, 0.2) is 36.8 Å². The smallest absolute Gasteiger partial charge is 0.126 e. The molecule has 0 radical (unpaired) electrons. The topological polar surface area (TPSA) is 40.7 Å². The Morgan fingerprint density at radius 2 is 2.19 bits per heavy atom. The summed E-state index contributed by atoms with van der Waals surface area (Å²) in [5.74, 6) is -0.133. The highest BCUT2D eigenvalue weighted by Crippen LogP contribution is 2.06. The Hall–Kier alpha value is -1.68. The molecule has 0 spiro atoms. The van der Waals surface area contributed by atoms with E-state index in [1.54, 1.807) is 18.6 Å². The Labute approximate surface area is 93.7 Å². The van der Waals surface area contributed by atoms with E-state index in [0.717, 1.165) is 24.3 Å². The van der Waals surface area contributed by atoms with Crippen molar-refractivity contribution >= 4 is 0 Å². The van der Waals surface area contributed by atoms with E-state index < -0.39 is 0 Å². The van der Waals surface area contributed by atoms with Crippen LogP contribution in [-0.2, 0) is 13.0 Å². The van der Waals surface area contributed by atoms with Gasteiger partial charge in [-0.05, 0) is 24.6 Å². The quantitative estimate of drug-likeness (QED) is 0.754. The average Bonchev–Trinajstić information content (AvgIpc) is 2.79. The van der Waals surface area contributed by atoms with Crippen LogP contribution in [0.25, 0.3) is 0 Å². The summed E-state index contributed by atoms with van der Waals surface area (Å²) in [6, 6.07) is 6.86. The molecule has 1 heterocycles. The normalized spacial score (nSPS) is 10.6. The third-order valence-corrected chi connectivity index (χ3v) is 2.40. The second-order valence-corrected chi connectivity index (χ2v) is 3.60. The molecule has 2 N–H and O–H groups in total. The monoisotopic (exact) mass is 219 g/mol. The maximum Gasteiger partial charge on any atom is 0.126 e. The van der Waals surface area contributed by atoms with Crippen molar-refractivity contribution < 1.29 is 4.39 Å². The summed E-state index contributed by atoms with van der Waals surface area (Å²) in [6.45, 7) is 1.48. The first-order chi connectivity index (χ1) is 7.86. The SMILES string of the molecule is Fc1ccccc1CCNCc1cnc[nH]1. The van der Waals surface area contributed by atoms with E-state index in [2.05, 4.69) is 15.3 Å². The first kappa shape index (κ1) is 10.8. The number of hydrogen-bond acceptors (Lipinski definition) is 2. The van der Waals surface area contributed by atoms with Gasteiger partial charge in [0.1, 0.15) is 5.82 Å². The number of halogens is 1. The number of nitrogens with zero attached hydrogens (tertiary/aromatic N) is 1. The van der Waals surface area contributed by atoms with Crippen LogP contribution in [-0.4, -0.2) is 16.5 Å². The minimum absolute atomic E-state index is 0.133. The first-order valence-corrected chi connectivity index (χ1v) is 5.27. The molecule has 0 aliphatic carbocycles. The van der Waals surface area contributed by atoms with Crippen molar-refractivity contribution in [1.82, 2.24) is 15.3 Å². The highest BCUT2D eigenvalue weighted by atomic mass is 19.1. The predicted octanol–water partition coefficient (Wildman–Crippen LogP) is 1.88. The van der Waals surface area contributed by atoms with E-state index in [0.29, 0.717) is 6.42 Å². The second-order valence-electron chi connectivity index (χ2n) is 3.60. The van der Waals surface area contributed by atoms with Gasteiger partial charge in [0.2, 0.25) is 0 Å². The van der Waals surface area contributed by atoms with Crippen LogP contribution in [0.2, 0.25) is 0 Å². The Morgan fingerprint density at radius 3 is 2.94 bits per heavy atom. The largest absolute Gasteiger partial charge is 0.347 e. The standard InChI is InChI=1S/C12H14FN3/c13-12-4-2-1-3-10(12)5-6-14-7-11-8-15-9-16-11/h1-4,8-9,14H,5-7H2,(H,15,16). The van der Waals surface area contributed by atoms with Crippen LogP contribution in [0.5, 0.6) is 0 Å². The molecule has 0 bridgehead atoms. The van der Waals surface area contributed by atoms with Gasteiger partial charge < -0.3 is 10.3 Å². The van der Waals surface area contributed by atoms with Gasteiger partial charge in [-0.1, -0.05) is 18.2 Å². The van der Waals surface area contributed by atoms with E-state index in [4.69, 9.17) is 0 Å². The van der Waals surface area contributed by atoms with Crippen LogP contribution in [0.3, 0.4) is 0 Å². The fraction of sp³-hybridized carbons (Fsp3) is 0.250. The number of rotatable bonds is 5. The molecule has 84 valence electrons. The summed E-state index contributed by atoms with van der Waals surface area (Å²) >= 11 is 0. The summed E-state index contributed by atoms with van der Waals surface area (Å²) in [4.78, 5) is 6.92. The molecule has 1 aromatic heterocycles. The summed E-state index contributed by atoms with van der Waals surface area (Å²) in [5.41, 5.74) is 1.79. The van der Waals surface area contributed by atoms with E-state index >= 15 is 0 Å². The number of H-pyrrole nitrogens is 1. The molecule has 0 fully saturated rings. The zero-order valence-corrected chi connectivity index (χ0v) is 8.91. The second kappa shape index (κ2) is 5.42. The number of aromatic nitrogens is 2. The molecule has 0 saturated carbocycles. The molecular weight excluding hydrogens is 205 g/mol. The zero-order chi connectivity index (χ0) is 11.2. The lowest BCUT2D eigenvalue weighted by Crippen LogP contribution is -2.17. The van der Waals surface area contributed by atoms with Gasteiger partial charge in [0, 0.05) is 18.4 Å².